The first-order valence-electron chi connectivity index (χ1n) is 13.4. The van der Waals surface area contributed by atoms with Crippen molar-refractivity contribution < 1.29 is 19.1 Å². The van der Waals surface area contributed by atoms with Crippen LogP contribution in [0.3, 0.4) is 0 Å². The van der Waals surface area contributed by atoms with Crippen LogP contribution in [0.2, 0.25) is 5.02 Å². The van der Waals surface area contributed by atoms with Crippen LogP contribution in [-0.4, -0.2) is 71.3 Å². The van der Waals surface area contributed by atoms with E-state index in [0.717, 1.165) is 32.1 Å². The van der Waals surface area contributed by atoms with Gasteiger partial charge in [-0.15, -0.1) is 0 Å². The number of likely N-dealkylation sites (N-methyl/N-ethyl adjacent to an activating group) is 2. The normalized spacial score (nSPS) is 23.8. The summed E-state index contributed by atoms with van der Waals surface area (Å²) in [6.07, 6.45) is 12.0. The van der Waals surface area contributed by atoms with Crippen LogP contribution in [0, 0.1) is 5.92 Å². The molecular weight excluding hydrogens is 492 g/mol. The maximum Gasteiger partial charge on any atom is 0.245 e. The second kappa shape index (κ2) is 13.8. The Hall–Kier alpha value is -2.61. The van der Waals surface area contributed by atoms with Crippen molar-refractivity contribution in [3.05, 3.63) is 35.0 Å². The Kier molecular flexibility index (Phi) is 10.8. The Labute approximate surface area is 225 Å². The van der Waals surface area contributed by atoms with E-state index in [-0.39, 0.29) is 36.2 Å². The second-order valence-corrected chi connectivity index (χ2v) is 11.1. The number of halogens is 1. The molecule has 2 atom stereocenters. The van der Waals surface area contributed by atoms with Crippen molar-refractivity contribution >= 4 is 29.3 Å². The maximum absolute atomic E-state index is 13.8. The first-order chi connectivity index (χ1) is 17.7. The van der Waals surface area contributed by atoms with E-state index < -0.39 is 12.1 Å². The fraction of sp³-hybridized carbons (Fsp3) is 0.643. The number of carbonyl (C=O) groups excluding carboxylic acids is 3. The molecule has 1 N–H and O–H groups in total. The number of nitrogens with one attached hydrogen (secondary N) is 1. The van der Waals surface area contributed by atoms with Crippen molar-refractivity contribution in [3.63, 3.8) is 0 Å². The topological polar surface area (TPSA) is 91.8 Å². The zero-order valence-corrected chi connectivity index (χ0v) is 23.3. The van der Waals surface area contributed by atoms with E-state index in [4.69, 9.17) is 16.3 Å². The first kappa shape index (κ1) is 29.0. The number of amides is 3. The molecule has 3 amide bonds. The molecular formula is C28H41ClN4O4. The number of allylic oxidation sites excluding steroid dienone is 2. The third-order valence-electron chi connectivity index (χ3n) is 6.74. The third kappa shape index (κ3) is 9.02. The quantitative estimate of drug-likeness (QED) is 0.555. The van der Waals surface area contributed by atoms with E-state index in [1.165, 1.54) is 11.1 Å². The summed E-state index contributed by atoms with van der Waals surface area (Å²) in [5, 5.41) is 3.37. The zero-order chi connectivity index (χ0) is 26.9. The van der Waals surface area contributed by atoms with Gasteiger partial charge in [0.1, 0.15) is 18.2 Å². The minimum atomic E-state index is -0.793. The van der Waals surface area contributed by atoms with E-state index in [1.807, 2.05) is 19.9 Å². The molecule has 3 rings (SSSR count). The highest BCUT2D eigenvalue weighted by Gasteiger charge is 2.35. The highest BCUT2D eigenvalue weighted by atomic mass is 35.5. The van der Waals surface area contributed by atoms with Gasteiger partial charge in [0, 0.05) is 45.2 Å². The van der Waals surface area contributed by atoms with Crippen LogP contribution in [0.5, 0.6) is 5.88 Å². The van der Waals surface area contributed by atoms with Gasteiger partial charge in [-0.25, -0.2) is 4.98 Å². The number of carbonyl (C=O) groups is 3. The van der Waals surface area contributed by atoms with Crippen LogP contribution in [0.25, 0.3) is 0 Å². The highest BCUT2D eigenvalue weighted by molar-refractivity contribution is 6.30. The van der Waals surface area contributed by atoms with E-state index >= 15 is 0 Å². The molecule has 37 heavy (non-hydrogen) atoms. The van der Waals surface area contributed by atoms with Gasteiger partial charge in [-0.05, 0) is 56.9 Å². The number of hydrogen-bond donors (Lipinski definition) is 1. The van der Waals surface area contributed by atoms with E-state index in [2.05, 4.69) is 16.4 Å². The number of ether oxygens (including phenoxy) is 1. The molecule has 2 unspecified atom stereocenters. The molecule has 1 aliphatic carbocycles. The monoisotopic (exact) mass is 532 g/mol. The molecule has 8 nitrogen and oxygen atoms in total. The smallest absolute Gasteiger partial charge is 0.245 e. The average Bonchev–Trinajstić information content (AvgIpc) is 3.67. The molecule has 1 aromatic rings. The fourth-order valence-electron chi connectivity index (χ4n) is 4.45. The molecule has 2 heterocycles. The zero-order valence-electron chi connectivity index (χ0n) is 22.5. The number of pyridine rings is 1. The van der Waals surface area contributed by atoms with Crippen LogP contribution in [0.4, 0.5) is 0 Å². The van der Waals surface area contributed by atoms with Gasteiger partial charge in [0.2, 0.25) is 23.6 Å². The van der Waals surface area contributed by atoms with Crippen LogP contribution < -0.4 is 10.1 Å². The molecule has 0 spiro atoms. The standard InChI is InChI=1S/C28H41ClN4O4/c1-19(2)15-23-27(35)33(4)24(17-20-16-21(29)18-30-26(20)37-22-12-13-22)28(36)32(3)14-10-8-6-5-7-9-11-25(34)31-23/h5,7,16,18-19,22-24H,6,8-15,17H2,1-4H3,(H,31,34)/b7-5-. The fourth-order valence-corrected chi connectivity index (χ4v) is 4.63. The van der Waals surface area contributed by atoms with Crippen molar-refractivity contribution in [1.29, 1.82) is 0 Å². The van der Waals surface area contributed by atoms with Gasteiger partial charge in [0.25, 0.3) is 0 Å². The summed E-state index contributed by atoms with van der Waals surface area (Å²) >= 11 is 6.27. The number of aromatic nitrogens is 1. The number of nitrogens with zero attached hydrogens (tertiary/aromatic N) is 3. The van der Waals surface area contributed by atoms with Crippen molar-refractivity contribution in [2.75, 3.05) is 20.6 Å². The third-order valence-corrected chi connectivity index (χ3v) is 6.95. The lowest BCUT2D eigenvalue weighted by Gasteiger charge is -2.34. The Morgan fingerprint density at radius 2 is 1.84 bits per heavy atom. The van der Waals surface area contributed by atoms with Crippen molar-refractivity contribution in [1.82, 2.24) is 20.1 Å². The molecule has 2 aliphatic rings. The van der Waals surface area contributed by atoms with Crippen LogP contribution in [0.1, 0.15) is 70.8 Å². The summed E-state index contributed by atoms with van der Waals surface area (Å²) in [7, 11) is 3.42. The van der Waals surface area contributed by atoms with Gasteiger partial charge in [-0.1, -0.05) is 37.6 Å². The molecule has 204 valence electrons. The lowest BCUT2D eigenvalue weighted by Crippen LogP contribution is -2.55. The summed E-state index contributed by atoms with van der Waals surface area (Å²) in [6.45, 7) is 4.62. The van der Waals surface area contributed by atoms with E-state index in [9.17, 15) is 14.4 Å². The molecule has 1 fully saturated rings. The molecule has 1 saturated carbocycles. The molecule has 1 aromatic heterocycles. The van der Waals surface area contributed by atoms with Crippen LogP contribution in [-0.2, 0) is 20.8 Å². The Morgan fingerprint density at radius 3 is 2.54 bits per heavy atom. The molecule has 9 heteroatoms. The van der Waals surface area contributed by atoms with Crippen molar-refractivity contribution in [3.8, 4) is 5.88 Å². The predicted octanol–water partition coefficient (Wildman–Crippen LogP) is 4.16. The lowest BCUT2D eigenvalue weighted by molar-refractivity contribution is -0.145. The largest absolute Gasteiger partial charge is 0.474 e. The first-order valence-corrected chi connectivity index (χ1v) is 13.8. The average molecular weight is 533 g/mol. The lowest BCUT2D eigenvalue weighted by atomic mass is 9.99. The summed E-state index contributed by atoms with van der Waals surface area (Å²) < 4.78 is 6.00. The van der Waals surface area contributed by atoms with E-state index in [1.54, 1.807) is 25.1 Å². The van der Waals surface area contributed by atoms with Crippen LogP contribution >= 0.6 is 11.6 Å². The van der Waals surface area contributed by atoms with Gasteiger partial charge in [-0.2, -0.15) is 0 Å². The van der Waals surface area contributed by atoms with Gasteiger partial charge >= 0.3 is 0 Å². The minimum Gasteiger partial charge on any atom is -0.474 e. The van der Waals surface area contributed by atoms with Gasteiger partial charge in [0.15, 0.2) is 0 Å². The molecule has 0 aromatic carbocycles. The highest BCUT2D eigenvalue weighted by Crippen LogP contribution is 2.30. The predicted molar refractivity (Wildman–Crippen MR) is 144 cm³/mol. The molecule has 0 saturated heterocycles. The van der Waals surface area contributed by atoms with Crippen LogP contribution in [0.15, 0.2) is 24.4 Å². The molecule has 0 radical (unpaired) electrons. The molecule has 1 aliphatic heterocycles. The van der Waals surface area contributed by atoms with Gasteiger partial charge in [0.05, 0.1) is 5.02 Å². The van der Waals surface area contributed by atoms with Gasteiger partial charge < -0.3 is 19.9 Å². The van der Waals surface area contributed by atoms with E-state index in [0.29, 0.717) is 42.3 Å². The SMILES string of the molecule is CC(C)CC1NC(=O)CC/C=C\CCCCN(C)C(=O)C(Cc2cc(Cl)cnc2OC2CC2)N(C)C1=O. The molecule has 0 bridgehead atoms. The Balaban J connectivity index is 1.93. The maximum atomic E-state index is 13.8. The summed E-state index contributed by atoms with van der Waals surface area (Å²) in [5.41, 5.74) is 0.690. The second-order valence-electron chi connectivity index (χ2n) is 10.6. The van der Waals surface area contributed by atoms with Crippen molar-refractivity contribution in [2.45, 2.75) is 89.8 Å². The summed E-state index contributed by atoms with van der Waals surface area (Å²) in [6, 6.07) is 0.254. The number of rotatable bonds is 6. The van der Waals surface area contributed by atoms with Gasteiger partial charge in [-0.3, -0.25) is 14.4 Å². The summed E-state index contributed by atoms with van der Waals surface area (Å²) in [5.74, 6) is 0.0275. The minimum absolute atomic E-state index is 0.127. The Morgan fingerprint density at radius 1 is 1.11 bits per heavy atom. The Bertz CT molecular complexity index is 979. The van der Waals surface area contributed by atoms with Crippen molar-refractivity contribution in [2.24, 2.45) is 5.92 Å². The summed E-state index contributed by atoms with van der Waals surface area (Å²) in [4.78, 5) is 47.7. The number of hydrogen-bond acceptors (Lipinski definition) is 5.